The highest BCUT2D eigenvalue weighted by Gasteiger charge is 2.25. The molecule has 2 aromatic heterocycles. The van der Waals surface area contributed by atoms with Gasteiger partial charge in [0.1, 0.15) is 11.4 Å². The zero-order valence-corrected chi connectivity index (χ0v) is 14.7. The van der Waals surface area contributed by atoms with Crippen molar-refractivity contribution in [3.8, 4) is 0 Å². The average Bonchev–Trinajstić information content (AvgIpc) is 3.26. The van der Waals surface area contributed by atoms with Gasteiger partial charge in [-0.3, -0.25) is 5.32 Å². The molecule has 24 heavy (non-hydrogen) atoms. The number of urea groups is 1. The van der Waals surface area contributed by atoms with Crippen molar-refractivity contribution in [3.63, 3.8) is 0 Å². The summed E-state index contributed by atoms with van der Waals surface area (Å²) in [7, 11) is 0. The van der Waals surface area contributed by atoms with Crippen molar-refractivity contribution in [1.82, 2.24) is 15.1 Å². The summed E-state index contributed by atoms with van der Waals surface area (Å²) >= 11 is 1.47. The number of thiophene rings is 1. The average molecular weight is 348 g/mol. The van der Waals surface area contributed by atoms with Crippen LogP contribution in [0.1, 0.15) is 49.9 Å². The largest absolute Gasteiger partial charge is 0.383 e. The van der Waals surface area contributed by atoms with E-state index in [1.165, 1.54) is 30.6 Å². The van der Waals surface area contributed by atoms with Crippen LogP contribution in [0, 0.1) is 0 Å². The first-order valence-corrected chi connectivity index (χ1v) is 9.29. The quantitative estimate of drug-likeness (QED) is 0.774. The van der Waals surface area contributed by atoms with Crippen LogP contribution < -0.4 is 10.6 Å². The summed E-state index contributed by atoms with van der Waals surface area (Å²) in [6.45, 7) is 1.85. The maximum absolute atomic E-state index is 12.2. The SMILES string of the molecule is C[C@](O)(CNC(=O)Nc1ccnn1C1CCCCC1)c1cccs1. The summed E-state index contributed by atoms with van der Waals surface area (Å²) < 4.78 is 1.91. The third-order valence-electron chi connectivity index (χ3n) is 4.48. The van der Waals surface area contributed by atoms with Crippen molar-refractivity contribution in [2.24, 2.45) is 0 Å². The van der Waals surface area contributed by atoms with Crippen molar-refractivity contribution >= 4 is 23.2 Å². The fraction of sp³-hybridized carbons (Fsp3) is 0.529. The van der Waals surface area contributed by atoms with Crippen LogP contribution in [0.25, 0.3) is 0 Å². The van der Waals surface area contributed by atoms with Gasteiger partial charge in [-0.15, -0.1) is 11.3 Å². The summed E-state index contributed by atoms with van der Waals surface area (Å²) in [5.41, 5.74) is -1.07. The van der Waals surface area contributed by atoms with Gasteiger partial charge in [0, 0.05) is 10.9 Å². The number of aromatic nitrogens is 2. The Bertz CT molecular complexity index is 660. The van der Waals surface area contributed by atoms with E-state index in [1.54, 1.807) is 13.1 Å². The number of rotatable bonds is 5. The summed E-state index contributed by atoms with van der Waals surface area (Å²) in [5.74, 6) is 0.704. The highest BCUT2D eigenvalue weighted by Crippen LogP contribution is 2.30. The van der Waals surface area contributed by atoms with Gasteiger partial charge in [-0.25, -0.2) is 9.48 Å². The minimum absolute atomic E-state index is 0.150. The molecule has 7 heteroatoms. The highest BCUT2D eigenvalue weighted by molar-refractivity contribution is 7.10. The van der Waals surface area contributed by atoms with E-state index >= 15 is 0 Å². The van der Waals surface area contributed by atoms with Crippen LogP contribution >= 0.6 is 11.3 Å². The molecule has 1 saturated carbocycles. The molecule has 1 aliphatic rings. The van der Waals surface area contributed by atoms with Gasteiger partial charge in [-0.2, -0.15) is 5.10 Å². The topological polar surface area (TPSA) is 79.2 Å². The molecule has 6 nitrogen and oxygen atoms in total. The van der Waals surface area contributed by atoms with E-state index in [0.29, 0.717) is 11.9 Å². The van der Waals surface area contributed by atoms with Crippen LogP contribution in [0.3, 0.4) is 0 Å². The minimum atomic E-state index is -1.07. The molecular weight excluding hydrogens is 324 g/mol. The molecular formula is C17H24N4O2S. The predicted molar refractivity (Wildman–Crippen MR) is 95.3 cm³/mol. The van der Waals surface area contributed by atoms with Gasteiger partial charge in [-0.05, 0) is 31.2 Å². The van der Waals surface area contributed by atoms with Crippen molar-refractivity contribution in [1.29, 1.82) is 0 Å². The number of amides is 2. The second-order valence-corrected chi connectivity index (χ2v) is 7.46. The maximum atomic E-state index is 12.2. The van der Waals surface area contributed by atoms with Crippen molar-refractivity contribution < 1.29 is 9.90 Å². The normalized spacial score (nSPS) is 18.1. The summed E-state index contributed by atoms with van der Waals surface area (Å²) in [6.07, 6.45) is 7.61. The molecule has 0 aliphatic heterocycles. The molecule has 3 rings (SSSR count). The summed E-state index contributed by atoms with van der Waals surface area (Å²) in [5, 5.41) is 22.3. The van der Waals surface area contributed by atoms with E-state index in [0.717, 1.165) is 17.7 Å². The fourth-order valence-electron chi connectivity index (χ4n) is 3.11. The van der Waals surface area contributed by atoms with Crippen LogP contribution in [0.15, 0.2) is 29.8 Å². The first-order valence-electron chi connectivity index (χ1n) is 8.41. The molecule has 1 atom stereocenters. The lowest BCUT2D eigenvalue weighted by molar-refractivity contribution is 0.0637. The number of anilines is 1. The molecule has 2 amide bonds. The lowest BCUT2D eigenvalue weighted by Gasteiger charge is -2.25. The molecule has 0 aromatic carbocycles. The highest BCUT2D eigenvalue weighted by atomic mass is 32.1. The Morgan fingerprint density at radius 3 is 2.92 bits per heavy atom. The van der Waals surface area contributed by atoms with Crippen molar-refractivity contribution in [3.05, 3.63) is 34.7 Å². The van der Waals surface area contributed by atoms with E-state index in [2.05, 4.69) is 15.7 Å². The monoisotopic (exact) mass is 348 g/mol. The van der Waals surface area contributed by atoms with E-state index in [1.807, 2.05) is 28.3 Å². The van der Waals surface area contributed by atoms with Crippen LogP contribution in [0.4, 0.5) is 10.6 Å². The van der Waals surface area contributed by atoms with Crippen LogP contribution in [-0.4, -0.2) is 27.5 Å². The number of nitrogens with zero attached hydrogens (tertiary/aromatic N) is 2. The zero-order chi connectivity index (χ0) is 17.0. The molecule has 0 unspecified atom stereocenters. The van der Waals surface area contributed by atoms with Crippen molar-refractivity contribution in [2.75, 3.05) is 11.9 Å². The molecule has 130 valence electrons. The molecule has 2 heterocycles. The number of hydrogen-bond acceptors (Lipinski definition) is 4. The first-order chi connectivity index (χ1) is 11.6. The fourth-order valence-corrected chi connectivity index (χ4v) is 3.90. The van der Waals surface area contributed by atoms with Gasteiger partial charge in [0.05, 0.1) is 18.8 Å². The Kier molecular flexibility index (Phi) is 5.20. The van der Waals surface area contributed by atoms with Gasteiger partial charge in [0.15, 0.2) is 0 Å². The van der Waals surface area contributed by atoms with Crippen LogP contribution in [-0.2, 0) is 5.60 Å². The number of nitrogens with one attached hydrogen (secondary N) is 2. The number of aliphatic hydroxyl groups is 1. The summed E-state index contributed by atoms with van der Waals surface area (Å²) in [4.78, 5) is 13.0. The molecule has 3 N–H and O–H groups in total. The van der Waals surface area contributed by atoms with Crippen molar-refractivity contribution in [2.45, 2.75) is 50.7 Å². The minimum Gasteiger partial charge on any atom is -0.383 e. The predicted octanol–water partition coefficient (Wildman–Crippen LogP) is 3.48. The van der Waals surface area contributed by atoms with Gasteiger partial charge in [-0.1, -0.05) is 25.3 Å². The van der Waals surface area contributed by atoms with Crippen LogP contribution in [0.5, 0.6) is 0 Å². The molecule has 2 aromatic rings. The lowest BCUT2D eigenvalue weighted by Crippen LogP contribution is -2.40. The Morgan fingerprint density at radius 1 is 1.42 bits per heavy atom. The molecule has 0 spiro atoms. The molecule has 0 saturated heterocycles. The Balaban J connectivity index is 1.57. The Hall–Kier alpha value is -1.86. The van der Waals surface area contributed by atoms with E-state index in [4.69, 9.17) is 0 Å². The van der Waals surface area contributed by atoms with E-state index in [-0.39, 0.29) is 12.6 Å². The smallest absolute Gasteiger partial charge is 0.320 e. The van der Waals surface area contributed by atoms with Gasteiger partial charge in [0.25, 0.3) is 0 Å². The Labute approximate surface area is 145 Å². The summed E-state index contributed by atoms with van der Waals surface area (Å²) in [6, 6.07) is 5.59. The third-order valence-corrected chi connectivity index (χ3v) is 5.60. The second-order valence-electron chi connectivity index (χ2n) is 6.51. The van der Waals surface area contributed by atoms with E-state index < -0.39 is 5.60 Å². The molecule has 0 bridgehead atoms. The Morgan fingerprint density at radius 2 is 2.21 bits per heavy atom. The second kappa shape index (κ2) is 7.36. The maximum Gasteiger partial charge on any atom is 0.320 e. The zero-order valence-electron chi connectivity index (χ0n) is 13.9. The van der Waals surface area contributed by atoms with Gasteiger partial charge >= 0.3 is 6.03 Å². The number of carbonyl (C=O) groups is 1. The molecule has 1 fully saturated rings. The van der Waals surface area contributed by atoms with Gasteiger partial charge < -0.3 is 10.4 Å². The standard InChI is InChI=1S/C17H24N4O2S/c1-17(23,14-8-5-11-24-14)12-18-16(22)20-15-9-10-19-21(15)13-6-3-2-4-7-13/h5,8-11,13,23H,2-4,6-7,12H2,1H3,(H2,18,20,22)/t17-/m0/s1. The number of hydrogen-bond donors (Lipinski definition) is 3. The molecule has 0 radical (unpaired) electrons. The first kappa shape index (κ1) is 17.0. The van der Waals surface area contributed by atoms with Gasteiger partial charge in [0.2, 0.25) is 0 Å². The number of carbonyl (C=O) groups excluding carboxylic acids is 1. The third kappa shape index (κ3) is 3.96. The van der Waals surface area contributed by atoms with E-state index in [9.17, 15) is 9.90 Å². The lowest BCUT2D eigenvalue weighted by atomic mass is 9.96. The van der Waals surface area contributed by atoms with Crippen LogP contribution in [0.2, 0.25) is 0 Å². The molecule has 1 aliphatic carbocycles.